The lowest BCUT2D eigenvalue weighted by molar-refractivity contribution is -0.274. The second-order valence-corrected chi connectivity index (χ2v) is 6.26. The Kier molecular flexibility index (Phi) is 5.37. The van der Waals surface area contributed by atoms with E-state index in [4.69, 9.17) is 0 Å². The van der Waals surface area contributed by atoms with E-state index in [9.17, 15) is 13.2 Å². The molecule has 7 heteroatoms. The summed E-state index contributed by atoms with van der Waals surface area (Å²) in [6.07, 6.45) is -2.49. The number of hydrogen-bond donors (Lipinski definition) is 1. The Labute approximate surface area is 130 Å². The average Bonchev–Trinajstić information content (AvgIpc) is 2.36. The minimum absolute atomic E-state index is 0.207. The normalized spacial score (nSPS) is 20.3. The van der Waals surface area contributed by atoms with E-state index >= 15 is 0 Å². The Bertz CT molecular complexity index is 482. The van der Waals surface area contributed by atoms with Crippen LogP contribution in [0.3, 0.4) is 0 Å². The first-order valence-electron chi connectivity index (χ1n) is 6.81. The number of benzene rings is 1. The van der Waals surface area contributed by atoms with Gasteiger partial charge in [-0.2, -0.15) is 0 Å². The molecule has 1 heterocycles. The number of anilines is 1. The highest BCUT2D eigenvalue weighted by atomic mass is 79.9. The number of nitrogens with zero attached hydrogens (tertiary/aromatic N) is 1. The highest BCUT2D eigenvalue weighted by Crippen LogP contribution is 2.33. The predicted octanol–water partition coefficient (Wildman–Crippen LogP) is 4.10. The van der Waals surface area contributed by atoms with Crippen LogP contribution in [0.4, 0.5) is 18.9 Å². The molecule has 1 atom stereocenters. The number of rotatable bonds is 4. The van der Waals surface area contributed by atoms with E-state index in [2.05, 4.69) is 37.9 Å². The fraction of sp³-hybridized carbons (Fsp3) is 0.571. The average molecular weight is 367 g/mol. The van der Waals surface area contributed by atoms with E-state index in [0.717, 1.165) is 25.9 Å². The molecule has 1 N–H and O–H groups in total. The third-order valence-electron chi connectivity index (χ3n) is 3.47. The summed E-state index contributed by atoms with van der Waals surface area (Å²) in [5.74, 6) is 0.229. The van der Waals surface area contributed by atoms with E-state index in [1.807, 2.05) is 0 Å². The van der Waals surface area contributed by atoms with Crippen molar-refractivity contribution in [3.05, 3.63) is 22.7 Å². The lowest BCUT2D eigenvalue weighted by Crippen LogP contribution is -2.35. The van der Waals surface area contributed by atoms with Crippen molar-refractivity contribution >= 4 is 21.6 Å². The van der Waals surface area contributed by atoms with Gasteiger partial charge in [-0.25, -0.2) is 0 Å². The Morgan fingerprint density at radius 3 is 2.86 bits per heavy atom. The summed E-state index contributed by atoms with van der Waals surface area (Å²) in [5, 5.41) is 3.08. The predicted molar refractivity (Wildman–Crippen MR) is 79.5 cm³/mol. The van der Waals surface area contributed by atoms with E-state index in [1.54, 1.807) is 12.1 Å². The van der Waals surface area contributed by atoms with Crippen molar-refractivity contribution < 1.29 is 17.9 Å². The molecule has 1 aromatic rings. The molecule has 1 unspecified atom stereocenters. The standard InChI is InChI=1S/C14H18BrF3N2O/c1-20-6-2-3-10(9-20)8-19-12-5-4-11(15)7-13(12)21-14(16,17)18/h4-5,7,10,19H,2-3,6,8-9H2,1H3. The molecule has 0 saturated carbocycles. The Morgan fingerprint density at radius 2 is 2.19 bits per heavy atom. The van der Waals surface area contributed by atoms with E-state index in [-0.39, 0.29) is 5.75 Å². The first-order valence-corrected chi connectivity index (χ1v) is 7.60. The molecule has 3 nitrogen and oxygen atoms in total. The molecule has 1 aliphatic rings. The molecule has 21 heavy (non-hydrogen) atoms. The summed E-state index contributed by atoms with van der Waals surface area (Å²) in [6.45, 7) is 2.68. The van der Waals surface area contributed by atoms with Gasteiger partial charge in [0.25, 0.3) is 0 Å². The third-order valence-corrected chi connectivity index (χ3v) is 3.97. The van der Waals surface area contributed by atoms with Crippen LogP contribution in [0, 0.1) is 5.92 Å². The van der Waals surface area contributed by atoms with Crippen LogP contribution in [0.1, 0.15) is 12.8 Å². The highest BCUT2D eigenvalue weighted by molar-refractivity contribution is 9.10. The lowest BCUT2D eigenvalue weighted by atomic mass is 9.98. The van der Waals surface area contributed by atoms with Gasteiger partial charge in [-0.1, -0.05) is 15.9 Å². The summed E-state index contributed by atoms with van der Waals surface area (Å²) >= 11 is 3.16. The zero-order valence-electron chi connectivity index (χ0n) is 11.7. The largest absolute Gasteiger partial charge is 0.573 e. The van der Waals surface area contributed by atoms with Gasteiger partial charge in [0.2, 0.25) is 0 Å². The molecule has 1 aliphatic heterocycles. The minimum Gasteiger partial charge on any atom is -0.404 e. The van der Waals surface area contributed by atoms with Crippen LogP contribution in [0.5, 0.6) is 5.75 Å². The molecule has 0 radical (unpaired) electrons. The first-order chi connectivity index (χ1) is 9.83. The molecule has 0 aromatic heterocycles. The molecule has 118 valence electrons. The highest BCUT2D eigenvalue weighted by Gasteiger charge is 2.32. The number of halogens is 4. The zero-order valence-corrected chi connectivity index (χ0v) is 13.3. The van der Waals surface area contributed by atoms with Gasteiger partial charge in [0.05, 0.1) is 5.69 Å². The Morgan fingerprint density at radius 1 is 1.43 bits per heavy atom. The number of likely N-dealkylation sites (tertiary alicyclic amines) is 1. The molecule has 0 aliphatic carbocycles. The maximum Gasteiger partial charge on any atom is 0.573 e. The summed E-state index contributed by atoms with van der Waals surface area (Å²) in [5.41, 5.74) is 0.365. The number of alkyl halides is 3. The van der Waals surface area contributed by atoms with Gasteiger partial charge in [0.1, 0.15) is 0 Å². The van der Waals surface area contributed by atoms with Crippen molar-refractivity contribution in [3.8, 4) is 5.75 Å². The first kappa shape index (κ1) is 16.4. The van der Waals surface area contributed by atoms with Gasteiger partial charge in [-0.15, -0.1) is 13.2 Å². The third kappa shape index (κ3) is 5.39. The van der Waals surface area contributed by atoms with Crippen LogP contribution in [-0.4, -0.2) is 37.9 Å². The van der Waals surface area contributed by atoms with Crippen LogP contribution in [0.25, 0.3) is 0 Å². The van der Waals surface area contributed by atoms with Crippen LogP contribution in [0.15, 0.2) is 22.7 Å². The van der Waals surface area contributed by atoms with Gasteiger partial charge in [0.15, 0.2) is 5.75 Å². The summed E-state index contributed by atoms with van der Waals surface area (Å²) < 4.78 is 41.9. The molecule has 1 fully saturated rings. The monoisotopic (exact) mass is 366 g/mol. The minimum atomic E-state index is -4.69. The quantitative estimate of drug-likeness (QED) is 0.867. The van der Waals surface area contributed by atoms with Crippen molar-refractivity contribution in [3.63, 3.8) is 0 Å². The van der Waals surface area contributed by atoms with E-state index < -0.39 is 6.36 Å². The molecule has 0 bridgehead atoms. The number of nitrogens with one attached hydrogen (secondary N) is 1. The summed E-state index contributed by atoms with van der Waals surface area (Å²) in [7, 11) is 2.06. The van der Waals surface area contributed by atoms with Crippen molar-refractivity contribution in [2.75, 3.05) is 32.0 Å². The molecular formula is C14H18BrF3N2O. The van der Waals surface area contributed by atoms with Crippen molar-refractivity contribution in [1.29, 1.82) is 0 Å². The zero-order chi connectivity index (χ0) is 15.5. The van der Waals surface area contributed by atoms with Crippen LogP contribution in [0.2, 0.25) is 0 Å². The molecule has 2 rings (SSSR count). The van der Waals surface area contributed by atoms with Gasteiger partial charge < -0.3 is 15.0 Å². The molecule has 1 saturated heterocycles. The Hall–Kier alpha value is -0.950. The van der Waals surface area contributed by atoms with Crippen molar-refractivity contribution in [2.24, 2.45) is 5.92 Å². The second kappa shape index (κ2) is 6.87. The number of piperidine rings is 1. The van der Waals surface area contributed by atoms with Gasteiger partial charge in [-0.05, 0) is 50.6 Å². The van der Waals surface area contributed by atoms with Crippen LogP contribution < -0.4 is 10.1 Å². The lowest BCUT2D eigenvalue weighted by Gasteiger charge is -2.30. The van der Waals surface area contributed by atoms with Crippen LogP contribution >= 0.6 is 15.9 Å². The topological polar surface area (TPSA) is 24.5 Å². The van der Waals surface area contributed by atoms with Crippen molar-refractivity contribution in [2.45, 2.75) is 19.2 Å². The maximum absolute atomic E-state index is 12.4. The second-order valence-electron chi connectivity index (χ2n) is 5.34. The van der Waals surface area contributed by atoms with Gasteiger partial charge >= 0.3 is 6.36 Å². The fourth-order valence-electron chi connectivity index (χ4n) is 2.55. The SMILES string of the molecule is CN1CCCC(CNc2ccc(Br)cc2OC(F)(F)F)C1. The van der Waals surface area contributed by atoms with Gasteiger partial charge in [-0.3, -0.25) is 0 Å². The van der Waals surface area contributed by atoms with E-state index in [1.165, 1.54) is 6.07 Å². The van der Waals surface area contributed by atoms with Crippen LogP contribution in [-0.2, 0) is 0 Å². The molecule has 1 aromatic carbocycles. The summed E-state index contributed by atoms with van der Waals surface area (Å²) in [4.78, 5) is 2.24. The van der Waals surface area contributed by atoms with Gasteiger partial charge in [0, 0.05) is 17.6 Å². The molecular weight excluding hydrogens is 349 g/mol. The fourth-order valence-corrected chi connectivity index (χ4v) is 2.89. The maximum atomic E-state index is 12.4. The number of hydrogen-bond acceptors (Lipinski definition) is 3. The Balaban J connectivity index is 2.01. The molecule has 0 spiro atoms. The number of ether oxygens (including phenoxy) is 1. The molecule has 0 amide bonds. The summed E-state index contributed by atoms with van der Waals surface area (Å²) in [6, 6.07) is 4.61. The van der Waals surface area contributed by atoms with Crippen molar-refractivity contribution in [1.82, 2.24) is 4.90 Å². The smallest absolute Gasteiger partial charge is 0.404 e. The van der Waals surface area contributed by atoms with E-state index in [0.29, 0.717) is 22.6 Å².